The summed E-state index contributed by atoms with van der Waals surface area (Å²) in [5, 5.41) is 17.6. The fourth-order valence-electron chi connectivity index (χ4n) is 1.14. The number of hydrogen-bond donors (Lipinski definition) is 2. The highest BCUT2D eigenvalue weighted by atomic mass is 35.5. The maximum atomic E-state index is 12.0. The van der Waals surface area contributed by atoms with E-state index in [2.05, 4.69) is 4.74 Å². The molecule has 3 nitrogen and oxygen atoms in total. The van der Waals surface area contributed by atoms with Gasteiger partial charge in [-0.1, -0.05) is 17.7 Å². The minimum Gasteiger partial charge on any atom is -0.433 e. The fraction of sp³-hybridized carbons (Fsp3) is 0.250. The number of ether oxygens (including phenoxy) is 1. The van der Waals surface area contributed by atoms with Gasteiger partial charge in [0.2, 0.25) is 0 Å². The first-order chi connectivity index (χ1) is 6.91. The average Bonchev–Trinajstić information content (AvgIpc) is 2.10. The summed E-state index contributed by atoms with van der Waals surface area (Å²) in [4.78, 5) is 0. The lowest BCUT2D eigenvalue weighted by Crippen LogP contribution is -2.30. The molecule has 0 atom stereocenters. The minimum atomic E-state index is -2.97. The Morgan fingerprint density at radius 1 is 1.40 bits per heavy atom. The van der Waals surface area contributed by atoms with E-state index in [9.17, 15) is 8.78 Å². The molecule has 1 rings (SSSR count). The van der Waals surface area contributed by atoms with Crippen LogP contribution in [0.4, 0.5) is 8.78 Å². The molecule has 0 aliphatic heterocycles. The molecule has 0 bridgehead atoms. The van der Waals surface area contributed by atoms with Gasteiger partial charge in [0, 0.05) is 0 Å². The monoisotopic (exact) mass is 236 g/mol. The Hall–Kier alpha value is -0.845. The van der Waals surface area contributed by atoms with Gasteiger partial charge in [-0.05, 0) is 24.0 Å². The average molecular weight is 236 g/mol. The summed E-state index contributed by atoms with van der Waals surface area (Å²) in [6.07, 6.45) is 0. The number of halogens is 3. The largest absolute Gasteiger partial charge is 0.488 e. The summed E-state index contributed by atoms with van der Waals surface area (Å²) in [6.45, 7) is -1.48. The highest BCUT2D eigenvalue weighted by Gasteiger charge is 2.17. The molecule has 0 saturated heterocycles. The van der Waals surface area contributed by atoms with Crippen LogP contribution in [0.1, 0.15) is 5.56 Å². The van der Waals surface area contributed by atoms with E-state index in [4.69, 9.17) is 21.6 Å². The highest BCUT2D eigenvalue weighted by molar-refractivity contribution is 6.59. The Labute approximate surface area is 90.4 Å². The van der Waals surface area contributed by atoms with Crippen LogP contribution >= 0.6 is 11.6 Å². The van der Waals surface area contributed by atoms with Crippen LogP contribution in [0.25, 0.3) is 0 Å². The first-order valence-corrected chi connectivity index (χ1v) is 4.40. The second kappa shape index (κ2) is 4.78. The molecule has 0 aromatic heterocycles. The molecule has 0 fully saturated rings. The maximum absolute atomic E-state index is 12.0. The summed E-state index contributed by atoms with van der Waals surface area (Å²) in [5.41, 5.74) is 0.435. The van der Waals surface area contributed by atoms with Crippen molar-refractivity contribution in [2.24, 2.45) is 0 Å². The molecule has 0 aliphatic rings. The van der Waals surface area contributed by atoms with Gasteiger partial charge in [0.25, 0.3) is 0 Å². The number of aryl methyl sites for hydroxylation is 1. The summed E-state index contributed by atoms with van der Waals surface area (Å²) >= 11 is 5.64. The van der Waals surface area contributed by atoms with Crippen molar-refractivity contribution in [1.29, 1.82) is 0 Å². The van der Waals surface area contributed by atoms with Gasteiger partial charge in [0.15, 0.2) is 0 Å². The zero-order chi connectivity index (χ0) is 11.6. The van der Waals surface area contributed by atoms with E-state index in [1.54, 1.807) is 0 Å². The summed E-state index contributed by atoms with van der Waals surface area (Å²) < 4.78 is 28.1. The van der Waals surface area contributed by atoms with Crippen molar-refractivity contribution in [2.75, 3.05) is 0 Å². The van der Waals surface area contributed by atoms with E-state index < -0.39 is 13.7 Å². The van der Waals surface area contributed by atoms with Crippen molar-refractivity contribution >= 4 is 24.2 Å². The summed E-state index contributed by atoms with van der Waals surface area (Å²) in [6, 6.07) is 2.48. The normalized spacial score (nSPS) is 10.6. The number of hydrogen-bond acceptors (Lipinski definition) is 3. The fourth-order valence-corrected chi connectivity index (χ4v) is 1.46. The Morgan fingerprint density at radius 3 is 2.40 bits per heavy atom. The van der Waals surface area contributed by atoms with Crippen molar-refractivity contribution in [3.63, 3.8) is 0 Å². The van der Waals surface area contributed by atoms with Crippen LogP contribution in [0.2, 0.25) is 5.02 Å². The van der Waals surface area contributed by atoms with E-state index in [1.165, 1.54) is 13.0 Å². The molecule has 0 amide bonds. The quantitative estimate of drug-likeness (QED) is 0.768. The van der Waals surface area contributed by atoms with Crippen molar-refractivity contribution in [3.8, 4) is 5.75 Å². The number of alkyl halides is 2. The third kappa shape index (κ3) is 3.05. The molecule has 0 spiro atoms. The smallest absolute Gasteiger partial charge is 0.433 e. The highest BCUT2D eigenvalue weighted by Crippen LogP contribution is 2.28. The zero-order valence-electron chi connectivity index (χ0n) is 7.75. The minimum absolute atomic E-state index is 0.0848. The Balaban J connectivity index is 3.10. The summed E-state index contributed by atoms with van der Waals surface area (Å²) in [7, 11) is -1.69. The lowest BCUT2D eigenvalue weighted by atomic mass is 9.79. The van der Waals surface area contributed by atoms with E-state index >= 15 is 0 Å². The topological polar surface area (TPSA) is 49.7 Å². The van der Waals surface area contributed by atoms with Gasteiger partial charge in [0.05, 0.1) is 5.02 Å². The third-order valence-electron chi connectivity index (χ3n) is 1.76. The Kier molecular flexibility index (Phi) is 3.90. The van der Waals surface area contributed by atoms with Crippen LogP contribution in [0, 0.1) is 6.92 Å². The first kappa shape index (κ1) is 12.2. The lowest BCUT2D eigenvalue weighted by Gasteiger charge is -2.11. The van der Waals surface area contributed by atoms with E-state index in [1.807, 2.05) is 0 Å². The molecular weight excluding hydrogens is 228 g/mol. The second-order valence-corrected chi connectivity index (χ2v) is 3.31. The van der Waals surface area contributed by atoms with Gasteiger partial charge in [-0.3, -0.25) is 0 Å². The molecule has 1 aromatic rings. The second-order valence-electron chi connectivity index (χ2n) is 2.90. The predicted octanol–water partition coefficient (Wildman–Crippen LogP) is 0.930. The van der Waals surface area contributed by atoms with Gasteiger partial charge >= 0.3 is 13.7 Å². The van der Waals surface area contributed by atoms with Crippen molar-refractivity contribution < 1.29 is 23.6 Å². The van der Waals surface area contributed by atoms with Crippen LogP contribution < -0.4 is 10.2 Å². The van der Waals surface area contributed by atoms with Gasteiger partial charge in [0.1, 0.15) is 5.75 Å². The first-order valence-electron chi connectivity index (χ1n) is 4.03. The van der Waals surface area contributed by atoms with Gasteiger partial charge < -0.3 is 14.8 Å². The standard InChI is InChI=1S/C8H8BClF2O3/c1-4-2-5(9(13)14)3-6(10)7(4)15-8(11)12/h2-3,8,13-14H,1H3. The Morgan fingerprint density at radius 2 is 2.00 bits per heavy atom. The number of rotatable bonds is 3. The van der Waals surface area contributed by atoms with E-state index in [0.717, 1.165) is 6.07 Å². The van der Waals surface area contributed by atoms with Crippen molar-refractivity contribution in [1.82, 2.24) is 0 Å². The lowest BCUT2D eigenvalue weighted by molar-refractivity contribution is -0.0502. The van der Waals surface area contributed by atoms with Crippen molar-refractivity contribution in [3.05, 3.63) is 22.7 Å². The molecule has 1 aromatic carbocycles. The van der Waals surface area contributed by atoms with Gasteiger partial charge in [-0.2, -0.15) is 8.78 Å². The molecule has 0 aliphatic carbocycles. The van der Waals surface area contributed by atoms with Crippen LogP contribution in [0.5, 0.6) is 5.75 Å². The van der Waals surface area contributed by atoms with Crippen LogP contribution in [-0.4, -0.2) is 23.8 Å². The van der Waals surface area contributed by atoms with Gasteiger partial charge in [-0.25, -0.2) is 0 Å². The molecule has 82 valence electrons. The SMILES string of the molecule is Cc1cc(B(O)O)cc(Cl)c1OC(F)F. The van der Waals surface area contributed by atoms with Crippen LogP contribution in [0.15, 0.2) is 12.1 Å². The predicted molar refractivity (Wildman–Crippen MR) is 52.6 cm³/mol. The van der Waals surface area contributed by atoms with Crippen LogP contribution in [-0.2, 0) is 0 Å². The number of benzene rings is 1. The maximum Gasteiger partial charge on any atom is 0.488 e. The Bertz CT molecular complexity index is 337. The molecular formula is C8H8BClF2O3. The summed E-state index contributed by atoms with van der Waals surface area (Å²) in [5.74, 6) is -0.156. The molecule has 0 saturated carbocycles. The van der Waals surface area contributed by atoms with Crippen LogP contribution in [0.3, 0.4) is 0 Å². The molecule has 15 heavy (non-hydrogen) atoms. The van der Waals surface area contributed by atoms with Crippen molar-refractivity contribution in [2.45, 2.75) is 13.5 Å². The zero-order valence-corrected chi connectivity index (χ0v) is 8.50. The van der Waals surface area contributed by atoms with E-state index in [-0.39, 0.29) is 16.2 Å². The molecule has 0 heterocycles. The van der Waals surface area contributed by atoms with Gasteiger partial charge in [-0.15, -0.1) is 0 Å². The molecule has 0 unspecified atom stereocenters. The van der Waals surface area contributed by atoms with E-state index in [0.29, 0.717) is 5.56 Å². The molecule has 7 heteroatoms. The molecule has 0 radical (unpaired) electrons. The molecule has 2 N–H and O–H groups in total. The third-order valence-corrected chi connectivity index (χ3v) is 2.04.